The minimum absolute atomic E-state index is 0.0732. The average molecular weight is 264 g/mol. The van der Waals surface area contributed by atoms with E-state index < -0.39 is 0 Å². The van der Waals surface area contributed by atoms with E-state index in [1.54, 1.807) is 11.1 Å². The van der Waals surface area contributed by atoms with Gasteiger partial charge in [-0.05, 0) is 6.42 Å². The number of rotatable bonds is 5. The lowest BCUT2D eigenvalue weighted by Gasteiger charge is -2.26. The number of anilines is 1. The number of hydrogen-bond acceptors (Lipinski definition) is 5. The molecule has 0 aliphatic carbocycles. The Bertz CT molecular complexity index is 402. The summed E-state index contributed by atoms with van der Waals surface area (Å²) >= 11 is 0. The summed E-state index contributed by atoms with van der Waals surface area (Å²) in [5.74, 6) is 0.642. The van der Waals surface area contributed by atoms with Crippen molar-refractivity contribution in [3.8, 4) is 0 Å². The van der Waals surface area contributed by atoms with Crippen molar-refractivity contribution in [1.29, 1.82) is 0 Å². The van der Waals surface area contributed by atoms with E-state index in [2.05, 4.69) is 22.2 Å². The molecule has 19 heavy (non-hydrogen) atoms. The maximum Gasteiger partial charge on any atom is 0.274 e. The number of unbranched alkanes of at least 4 members (excludes halogenated alkanes) is 1. The highest BCUT2D eigenvalue weighted by Crippen LogP contribution is 2.06. The van der Waals surface area contributed by atoms with Gasteiger partial charge in [0.1, 0.15) is 11.5 Å². The fourth-order valence-corrected chi connectivity index (χ4v) is 1.85. The summed E-state index contributed by atoms with van der Waals surface area (Å²) in [5, 5.41) is 3.17. The van der Waals surface area contributed by atoms with Crippen LogP contribution in [0.4, 0.5) is 5.82 Å². The maximum atomic E-state index is 12.1. The molecule has 1 N–H and O–H groups in total. The van der Waals surface area contributed by atoms with Gasteiger partial charge in [0.05, 0.1) is 25.6 Å². The van der Waals surface area contributed by atoms with Crippen LogP contribution in [-0.4, -0.2) is 53.6 Å². The molecule has 0 bridgehead atoms. The molecule has 1 fully saturated rings. The van der Waals surface area contributed by atoms with Gasteiger partial charge in [0.25, 0.3) is 5.91 Å². The summed E-state index contributed by atoms with van der Waals surface area (Å²) in [6, 6.07) is 0. The fourth-order valence-electron chi connectivity index (χ4n) is 1.85. The van der Waals surface area contributed by atoms with E-state index in [4.69, 9.17) is 4.74 Å². The highest BCUT2D eigenvalue weighted by Gasteiger charge is 2.19. The zero-order valence-electron chi connectivity index (χ0n) is 11.3. The summed E-state index contributed by atoms with van der Waals surface area (Å²) in [4.78, 5) is 22.3. The van der Waals surface area contributed by atoms with E-state index in [9.17, 15) is 4.79 Å². The van der Waals surface area contributed by atoms with Crippen LogP contribution in [0.2, 0.25) is 0 Å². The molecular weight excluding hydrogens is 244 g/mol. The standard InChI is InChI=1S/C13H20N4O2/c1-2-3-4-14-12-10-15-11(9-16-12)13(18)17-5-7-19-8-6-17/h9-10H,2-8H2,1H3,(H,14,16). The molecule has 0 unspecified atom stereocenters. The van der Waals surface area contributed by atoms with Crippen molar-refractivity contribution in [3.63, 3.8) is 0 Å². The molecule has 104 valence electrons. The SMILES string of the molecule is CCCCNc1cnc(C(=O)N2CCOCC2)cn1. The van der Waals surface area contributed by atoms with Crippen LogP contribution in [0.5, 0.6) is 0 Å². The van der Waals surface area contributed by atoms with Crippen LogP contribution in [0.15, 0.2) is 12.4 Å². The lowest BCUT2D eigenvalue weighted by atomic mass is 10.3. The van der Waals surface area contributed by atoms with Gasteiger partial charge in [-0.1, -0.05) is 13.3 Å². The van der Waals surface area contributed by atoms with Gasteiger partial charge < -0.3 is 15.0 Å². The summed E-state index contributed by atoms with van der Waals surface area (Å²) in [6.45, 7) is 5.44. The number of hydrogen-bond donors (Lipinski definition) is 1. The topological polar surface area (TPSA) is 67.4 Å². The van der Waals surface area contributed by atoms with Gasteiger partial charge in [-0.25, -0.2) is 9.97 Å². The summed E-state index contributed by atoms with van der Waals surface area (Å²) in [6.07, 6.45) is 5.37. The largest absolute Gasteiger partial charge is 0.378 e. The Kier molecular flexibility index (Phi) is 5.09. The Labute approximate surface area is 113 Å². The molecule has 0 spiro atoms. The van der Waals surface area contributed by atoms with Crippen LogP contribution in [0.1, 0.15) is 30.3 Å². The summed E-state index contributed by atoms with van der Waals surface area (Å²) in [7, 11) is 0. The first kappa shape index (κ1) is 13.7. The molecule has 2 heterocycles. The van der Waals surface area contributed by atoms with Gasteiger partial charge in [-0.2, -0.15) is 0 Å². The van der Waals surface area contributed by atoms with E-state index in [0.29, 0.717) is 37.8 Å². The monoisotopic (exact) mass is 264 g/mol. The highest BCUT2D eigenvalue weighted by atomic mass is 16.5. The molecule has 6 heteroatoms. The second-order valence-corrected chi connectivity index (χ2v) is 4.47. The first-order valence-corrected chi connectivity index (χ1v) is 6.74. The summed E-state index contributed by atoms with van der Waals surface area (Å²) < 4.78 is 5.22. The second-order valence-electron chi connectivity index (χ2n) is 4.47. The van der Waals surface area contributed by atoms with Crippen LogP contribution < -0.4 is 5.32 Å². The maximum absolute atomic E-state index is 12.1. The highest BCUT2D eigenvalue weighted by molar-refractivity contribution is 5.92. The van der Waals surface area contributed by atoms with E-state index in [-0.39, 0.29) is 5.91 Å². The van der Waals surface area contributed by atoms with Crippen molar-refractivity contribution in [1.82, 2.24) is 14.9 Å². The van der Waals surface area contributed by atoms with Crippen molar-refractivity contribution in [3.05, 3.63) is 18.1 Å². The van der Waals surface area contributed by atoms with Crippen molar-refractivity contribution in [2.75, 3.05) is 38.2 Å². The Hall–Kier alpha value is -1.69. The number of amides is 1. The first-order valence-electron chi connectivity index (χ1n) is 6.74. The van der Waals surface area contributed by atoms with E-state index in [1.165, 1.54) is 6.20 Å². The Balaban J connectivity index is 1.91. The fraction of sp³-hybridized carbons (Fsp3) is 0.615. The van der Waals surface area contributed by atoms with Gasteiger partial charge >= 0.3 is 0 Å². The third-order valence-corrected chi connectivity index (χ3v) is 3.01. The zero-order valence-corrected chi connectivity index (χ0v) is 11.3. The van der Waals surface area contributed by atoms with Gasteiger partial charge in [0.15, 0.2) is 0 Å². The first-order chi connectivity index (χ1) is 9.31. The van der Waals surface area contributed by atoms with Crippen LogP contribution in [0.3, 0.4) is 0 Å². The predicted molar refractivity (Wildman–Crippen MR) is 72.2 cm³/mol. The molecule has 6 nitrogen and oxygen atoms in total. The third kappa shape index (κ3) is 3.89. The lowest BCUT2D eigenvalue weighted by Crippen LogP contribution is -2.41. The number of morpholine rings is 1. The van der Waals surface area contributed by atoms with Gasteiger partial charge in [-0.3, -0.25) is 4.79 Å². The average Bonchev–Trinajstić information content (AvgIpc) is 2.48. The van der Waals surface area contributed by atoms with Gasteiger partial charge in [0, 0.05) is 19.6 Å². The van der Waals surface area contributed by atoms with E-state index in [0.717, 1.165) is 19.4 Å². The molecular formula is C13H20N4O2. The van der Waals surface area contributed by atoms with Crippen molar-refractivity contribution >= 4 is 11.7 Å². The molecule has 1 aliphatic rings. The van der Waals surface area contributed by atoms with E-state index in [1.807, 2.05) is 0 Å². The second kappa shape index (κ2) is 7.04. The molecule has 0 atom stereocenters. The molecule has 0 saturated carbocycles. The summed E-state index contributed by atoms with van der Waals surface area (Å²) in [5.41, 5.74) is 0.392. The Morgan fingerprint density at radius 3 is 2.79 bits per heavy atom. The third-order valence-electron chi connectivity index (χ3n) is 3.01. The number of nitrogens with one attached hydrogen (secondary N) is 1. The molecule has 2 rings (SSSR count). The van der Waals surface area contributed by atoms with Crippen LogP contribution >= 0.6 is 0 Å². The zero-order chi connectivity index (χ0) is 13.5. The number of carbonyl (C=O) groups is 1. The van der Waals surface area contributed by atoms with Crippen LogP contribution in [0.25, 0.3) is 0 Å². The minimum atomic E-state index is -0.0732. The minimum Gasteiger partial charge on any atom is -0.378 e. The number of nitrogens with zero attached hydrogens (tertiary/aromatic N) is 3. The molecule has 0 aromatic carbocycles. The number of carbonyl (C=O) groups excluding carboxylic acids is 1. The lowest BCUT2D eigenvalue weighted by molar-refractivity contribution is 0.0298. The number of ether oxygens (including phenoxy) is 1. The predicted octanol–water partition coefficient (Wildman–Crippen LogP) is 1.16. The molecule has 0 radical (unpaired) electrons. The Morgan fingerprint density at radius 1 is 1.37 bits per heavy atom. The van der Waals surface area contributed by atoms with Gasteiger partial charge in [-0.15, -0.1) is 0 Å². The smallest absolute Gasteiger partial charge is 0.274 e. The number of aromatic nitrogens is 2. The van der Waals surface area contributed by atoms with Crippen molar-refractivity contribution < 1.29 is 9.53 Å². The van der Waals surface area contributed by atoms with Crippen molar-refractivity contribution in [2.45, 2.75) is 19.8 Å². The quantitative estimate of drug-likeness (QED) is 0.808. The molecule has 1 aromatic rings. The van der Waals surface area contributed by atoms with Gasteiger partial charge in [0.2, 0.25) is 0 Å². The normalized spacial score (nSPS) is 15.3. The molecule has 1 saturated heterocycles. The van der Waals surface area contributed by atoms with Crippen LogP contribution in [0, 0.1) is 0 Å². The molecule has 1 aliphatic heterocycles. The van der Waals surface area contributed by atoms with Crippen LogP contribution in [-0.2, 0) is 4.74 Å². The molecule has 1 aromatic heterocycles. The van der Waals surface area contributed by atoms with Crippen molar-refractivity contribution in [2.24, 2.45) is 0 Å². The Morgan fingerprint density at radius 2 is 2.16 bits per heavy atom. The van der Waals surface area contributed by atoms with E-state index >= 15 is 0 Å². The molecule has 1 amide bonds.